The quantitative estimate of drug-likeness (QED) is 0.471. The summed E-state index contributed by atoms with van der Waals surface area (Å²) in [6.07, 6.45) is -0.731. The van der Waals surface area contributed by atoms with Gasteiger partial charge in [0.15, 0.2) is 6.29 Å². The molecule has 0 spiro atoms. The Hall–Kier alpha value is -3.28. The Balaban J connectivity index is 1.69. The first-order valence-electron chi connectivity index (χ1n) is 10.8. The van der Waals surface area contributed by atoms with Crippen LogP contribution in [0.5, 0.6) is 0 Å². The Morgan fingerprint density at radius 3 is 1.84 bits per heavy atom. The Kier molecular flexibility index (Phi) is 4.16. The summed E-state index contributed by atoms with van der Waals surface area (Å²) in [5.74, 6) is -1.67. The highest BCUT2D eigenvalue weighted by molar-refractivity contribution is 6.23. The maximum Gasteiger partial charge on any atom is 0.239 e. The minimum absolute atomic E-state index is 0.157. The highest BCUT2D eigenvalue weighted by Gasteiger charge is 2.71. The monoisotopic (exact) mass is 425 g/mol. The van der Waals surface area contributed by atoms with Crippen LogP contribution in [0.4, 0.5) is 5.69 Å². The van der Waals surface area contributed by atoms with Gasteiger partial charge in [-0.1, -0.05) is 66.7 Å². The second-order valence-electron chi connectivity index (χ2n) is 8.68. The molecule has 0 aromatic heterocycles. The number of benzene rings is 3. The molecule has 7 rings (SSSR count). The lowest BCUT2D eigenvalue weighted by molar-refractivity contribution is -0.168. The number of nitrogens with zero attached hydrogens (tertiary/aromatic N) is 1. The molecule has 1 heterocycles. The number of hydrogen-bond acceptors (Lipinski definition) is 4. The van der Waals surface area contributed by atoms with Crippen LogP contribution in [0.3, 0.4) is 0 Å². The van der Waals surface area contributed by atoms with Gasteiger partial charge in [0.25, 0.3) is 0 Å². The lowest BCUT2D eigenvalue weighted by Gasteiger charge is -2.56. The van der Waals surface area contributed by atoms with E-state index in [1.54, 1.807) is 14.2 Å². The van der Waals surface area contributed by atoms with Crippen molar-refractivity contribution in [2.75, 3.05) is 19.1 Å². The van der Waals surface area contributed by atoms with Gasteiger partial charge in [-0.25, -0.2) is 4.90 Å². The van der Waals surface area contributed by atoms with Gasteiger partial charge >= 0.3 is 0 Å². The van der Waals surface area contributed by atoms with E-state index < -0.39 is 23.5 Å². The van der Waals surface area contributed by atoms with Gasteiger partial charge in [-0.15, -0.1) is 0 Å². The molecule has 2 atom stereocenters. The van der Waals surface area contributed by atoms with Gasteiger partial charge in [0.2, 0.25) is 11.8 Å². The van der Waals surface area contributed by atoms with Gasteiger partial charge in [0, 0.05) is 20.1 Å². The summed E-state index contributed by atoms with van der Waals surface area (Å²) in [5.41, 5.74) is 3.84. The van der Waals surface area contributed by atoms with Crippen molar-refractivity contribution < 1.29 is 19.1 Å². The smallest absolute Gasteiger partial charge is 0.239 e. The molecular formula is C27H23NO4. The fourth-order valence-corrected chi connectivity index (χ4v) is 6.53. The first kappa shape index (κ1) is 19.4. The molecule has 3 aromatic rings. The molecule has 0 saturated carbocycles. The number of ether oxygens (including phenoxy) is 2. The van der Waals surface area contributed by atoms with Crippen molar-refractivity contribution in [1.29, 1.82) is 0 Å². The molecule has 1 fully saturated rings. The van der Waals surface area contributed by atoms with Crippen LogP contribution in [0.15, 0.2) is 78.9 Å². The van der Waals surface area contributed by atoms with Gasteiger partial charge in [-0.3, -0.25) is 9.59 Å². The Bertz CT molecular complexity index is 1190. The van der Waals surface area contributed by atoms with Crippen LogP contribution in [0.25, 0.3) is 0 Å². The predicted octanol–water partition coefficient (Wildman–Crippen LogP) is 3.86. The van der Waals surface area contributed by atoms with Crippen molar-refractivity contribution in [2.24, 2.45) is 11.8 Å². The molecule has 5 nitrogen and oxygen atoms in total. The molecular weight excluding hydrogens is 402 g/mol. The summed E-state index contributed by atoms with van der Waals surface area (Å²) in [5, 5.41) is 0. The molecule has 0 unspecified atom stereocenters. The van der Waals surface area contributed by atoms with E-state index in [1.165, 1.54) is 4.90 Å². The molecule has 4 aliphatic rings. The van der Waals surface area contributed by atoms with Crippen LogP contribution < -0.4 is 4.90 Å². The van der Waals surface area contributed by atoms with Crippen LogP contribution in [0.1, 0.15) is 28.2 Å². The van der Waals surface area contributed by atoms with E-state index in [2.05, 4.69) is 24.3 Å². The fraction of sp³-hybridized carbons (Fsp3) is 0.259. The zero-order valence-corrected chi connectivity index (χ0v) is 17.9. The average molecular weight is 425 g/mol. The average Bonchev–Trinajstić information content (AvgIpc) is 3.11. The third kappa shape index (κ3) is 2.15. The minimum Gasteiger partial charge on any atom is -0.355 e. The number of para-hydroxylation sites is 1. The first-order chi connectivity index (χ1) is 15.7. The van der Waals surface area contributed by atoms with Crippen LogP contribution in [0.2, 0.25) is 0 Å². The molecule has 160 valence electrons. The largest absolute Gasteiger partial charge is 0.355 e. The summed E-state index contributed by atoms with van der Waals surface area (Å²) in [4.78, 5) is 29.4. The van der Waals surface area contributed by atoms with E-state index in [0.717, 1.165) is 22.3 Å². The second-order valence-corrected chi connectivity index (χ2v) is 8.68. The molecule has 1 aliphatic heterocycles. The SMILES string of the molecule is COC(OC)C12c3ccccc3C(c3ccccc31)[C@@H]1C(=O)N(c3ccccc3)C(=O)[C@H]12. The molecule has 1 saturated heterocycles. The van der Waals surface area contributed by atoms with Crippen LogP contribution in [-0.4, -0.2) is 32.3 Å². The van der Waals surface area contributed by atoms with E-state index in [-0.39, 0.29) is 17.7 Å². The first-order valence-corrected chi connectivity index (χ1v) is 10.8. The van der Waals surface area contributed by atoms with E-state index in [1.807, 2.05) is 54.6 Å². The Morgan fingerprint density at radius 2 is 1.28 bits per heavy atom. The van der Waals surface area contributed by atoms with Crippen LogP contribution in [-0.2, 0) is 24.5 Å². The molecule has 5 heteroatoms. The maximum atomic E-state index is 14.1. The van der Waals surface area contributed by atoms with Gasteiger partial charge in [-0.05, 0) is 34.4 Å². The maximum absolute atomic E-state index is 14.1. The molecule has 3 aromatic carbocycles. The molecule has 0 radical (unpaired) electrons. The van der Waals surface area contributed by atoms with Crippen molar-refractivity contribution in [1.82, 2.24) is 0 Å². The number of imide groups is 1. The van der Waals surface area contributed by atoms with Crippen molar-refractivity contribution in [3.05, 3.63) is 101 Å². The number of carbonyl (C=O) groups excluding carboxylic acids is 2. The zero-order chi connectivity index (χ0) is 22.0. The third-order valence-electron chi connectivity index (χ3n) is 7.50. The van der Waals surface area contributed by atoms with E-state index >= 15 is 0 Å². The topological polar surface area (TPSA) is 55.8 Å². The van der Waals surface area contributed by atoms with Gasteiger partial charge in [-0.2, -0.15) is 0 Å². The number of carbonyl (C=O) groups is 2. The molecule has 3 aliphatic carbocycles. The van der Waals surface area contributed by atoms with Crippen molar-refractivity contribution in [3.8, 4) is 0 Å². The lowest BCUT2D eigenvalue weighted by Crippen LogP contribution is -2.60. The minimum atomic E-state index is -0.924. The second kappa shape index (κ2) is 6.86. The molecule has 2 bridgehead atoms. The van der Waals surface area contributed by atoms with Crippen molar-refractivity contribution in [3.63, 3.8) is 0 Å². The number of hydrogen-bond donors (Lipinski definition) is 0. The Labute approximate surface area is 186 Å². The standard InChI is InChI=1S/C27H23NO4/c1-31-26(32-2)27-19-14-8-6-12-17(19)21(18-13-7-9-15-20(18)27)22-23(27)25(30)28(24(22)29)16-10-4-3-5-11-16/h3-15,21-23,26H,1-2H3/t21?,22-,23-,27?/m0/s1. The predicted molar refractivity (Wildman–Crippen MR) is 119 cm³/mol. The summed E-state index contributed by atoms with van der Waals surface area (Å²) in [7, 11) is 3.19. The van der Waals surface area contributed by atoms with Crippen LogP contribution in [0, 0.1) is 11.8 Å². The number of methoxy groups -OCH3 is 2. The highest BCUT2D eigenvalue weighted by atomic mass is 16.7. The summed E-state index contributed by atoms with van der Waals surface area (Å²) >= 11 is 0. The van der Waals surface area contributed by atoms with Gasteiger partial charge in [0.05, 0.1) is 22.9 Å². The van der Waals surface area contributed by atoms with Gasteiger partial charge < -0.3 is 9.47 Å². The number of amides is 2. The van der Waals surface area contributed by atoms with Crippen LogP contribution >= 0.6 is 0 Å². The van der Waals surface area contributed by atoms with E-state index in [9.17, 15) is 9.59 Å². The van der Waals surface area contributed by atoms with E-state index in [0.29, 0.717) is 5.69 Å². The molecule has 32 heavy (non-hydrogen) atoms. The molecule has 2 amide bonds. The third-order valence-corrected chi connectivity index (χ3v) is 7.50. The summed E-state index contributed by atoms with van der Waals surface area (Å²) in [6, 6.07) is 25.4. The van der Waals surface area contributed by atoms with E-state index in [4.69, 9.17) is 9.47 Å². The molecule has 0 N–H and O–H groups in total. The Morgan fingerprint density at radius 1 is 0.750 bits per heavy atom. The summed E-state index contributed by atoms with van der Waals surface area (Å²) in [6.45, 7) is 0. The number of anilines is 1. The van der Waals surface area contributed by atoms with Gasteiger partial charge in [0.1, 0.15) is 0 Å². The van der Waals surface area contributed by atoms with Crippen molar-refractivity contribution >= 4 is 17.5 Å². The normalized spacial score (nSPS) is 27.5. The van der Waals surface area contributed by atoms with Crippen molar-refractivity contribution in [2.45, 2.75) is 17.6 Å². The lowest BCUT2D eigenvalue weighted by atomic mass is 9.47. The fourth-order valence-electron chi connectivity index (χ4n) is 6.53. The highest BCUT2D eigenvalue weighted by Crippen LogP contribution is 2.65. The summed E-state index contributed by atoms with van der Waals surface area (Å²) < 4.78 is 11.8. The number of rotatable bonds is 4. The zero-order valence-electron chi connectivity index (χ0n) is 17.9.